The average molecular weight is 684 g/mol. The third kappa shape index (κ3) is 11.9. The summed E-state index contributed by atoms with van der Waals surface area (Å²) in [4.78, 5) is 51.6. The number of benzene rings is 1. The topological polar surface area (TPSA) is 272 Å². The zero-order valence-electron chi connectivity index (χ0n) is 30.9. The van der Waals surface area contributed by atoms with Crippen LogP contribution in [0.2, 0.25) is 0 Å². The first kappa shape index (κ1) is 40.8. The largest absolute Gasteiger partial charge is 0.370 e. The summed E-state index contributed by atoms with van der Waals surface area (Å²) in [6.07, 6.45) is 1.47. The van der Waals surface area contributed by atoms with E-state index in [2.05, 4.69) is 100 Å². The Morgan fingerprint density at radius 2 is 1.27 bits per heavy atom. The van der Waals surface area contributed by atoms with E-state index in [1.165, 1.54) is 0 Å². The molecule has 2 aromatic rings. The number of H-pyrrole nitrogens is 1. The van der Waals surface area contributed by atoms with Gasteiger partial charge in [-0.3, -0.25) is 24.4 Å². The summed E-state index contributed by atoms with van der Waals surface area (Å²) in [5.74, 6) is -1.92. The molecule has 1 heterocycles. The fraction of sp³-hybridized carbons (Fsp3) is 0.629. The number of hydrogen-bond acceptors (Lipinski definition) is 6. The lowest BCUT2D eigenvalue weighted by atomic mass is 9.78. The normalized spacial score (nSPS) is 14.1. The molecule has 0 aliphatic heterocycles. The van der Waals surface area contributed by atoms with Crippen LogP contribution in [0.15, 0.2) is 22.1 Å². The van der Waals surface area contributed by atoms with Crippen molar-refractivity contribution in [2.24, 2.45) is 44.4 Å². The lowest BCUT2D eigenvalue weighted by Gasteiger charge is -2.26. The van der Waals surface area contributed by atoms with E-state index in [0.717, 1.165) is 33.3 Å². The fourth-order valence-corrected chi connectivity index (χ4v) is 5.63. The highest BCUT2D eigenvalue weighted by molar-refractivity contribution is 5.95. The number of guanidine groups is 2. The van der Waals surface area contributed by atoms with Crippen LogP contribution in [0.4, 0.5) is 0 Å². The van der Waals surface area contributed by atoms with Crippen LogP contribution in [0.1, 0.15) is 110 Å². The lowest BCUT2D eigenvalue weighted by Crippen LogP contribution is -2.56. The number of aromatic amines is 1. The second kappa shape index (κ2) is 16.4. The molecule has 0 saturated carbocycles. The molecule has 3 atom stereocenters. The number of fused-ring (bicyclic) bond motifs is 1. The van der Waals surface area contributed by atoms with E-state index in [-0.39, 0.29) is 54.0 Å². The number of primary amides is 1. The Bertz CT molecular complexity index is 1530. The van der Waals surface area contributed by atoms with Gasteiger partial charge in [0.15, 0.2) is 11.9 Å². The average Bonchev–Trinajstić information content (AvgIpc) is 3.33. The number of amides is 3. The Hall–Kier alpha value is -4.33. The number of aromatic nitrogens is 1. The first-order chi connectivity index (χ1) is 22.4. The van der Waals surface area contributed by atoms with Crippen molar-refractivity contribution in [3.05, 3.63) is 34.5 Å². The maximum Gasteiger partial charge on any atom is 0.243 e. The van der Waals surface area contributed by atoms with Crippen LogP contribution in [0.3, 0.4) is 0 Å². The molecule has 1 aromatic carbocycles. The van der Waals surface area contributed by atoms with E-state index in [4.69, 9.17) is 34.4 Å². The molecule has 49 heavy (non-hydrogen) atoms. The van der Waals surface area contributed by atoms with Gasteiger partial charge in [0.1, 0.15) is 12.1 Å². The van der Waals surface area contributed by atoms with Gasteiger partial charge in [0.25, 0.3) is 0 Å². The summed E-state index contributed by atoms with van der Waals surface area (Å²) in [6, 6.07) is 1.39. The zero-order valence-corrected chi connectivity index (χ0v) is 30.9. The monoisotopic (exact) mass is 683 g/mol. The van der Waals surface area contributed by atoms with Crippen LogP contribution in [0.5, 0.6) is 0 Å². The van der Waals surface area contributed by atoms with Crippen LogP contribution in [0, 0.1) is 0 Å². The highest BCUT2D eigenvalue weighted by Crippen LogP contribution is 2.40. The van der Waals surface area contributed by atoms with Crippen LogP contribution in [-0.2, 0) is 37.0 Å². The van der Waals surface area contributed by atoms with Gasteiger partial charge in [-0.25, -0.2) is 0 Å². The number of hydrogen-bond donors (Lipinski definition) is 9. The Labute approximate surface area is 291 Å². The van der Waals surface area contributed by atoms with Gasteiger partial charge in [-0.15, -0.1) is 0 Å². The maximum atomic E-state index is 14.1. The van der Waals surface area contributed by atoms with Crippen molar-refractivity contribution in [3.8, 4) is 0 Å². The summed E-state index contributed by atoms with van der Waals surface area (Å²) in [5, 5.41) is 6.62. The Balaban J connectivity index is 2.67. The minimum atomic E-state index is -1.09. The number of nitrogens with zero attached hydrogens (tertiary/aromatic N) is 2. The van der Waals surface area contributed by atoms with Crippen molar-refractivity contribution in [1.29, 1.82) is 0 Å². The number of nitrogens with two attached hydrogens (primary N) is 6. The summed E-state index contributed by atoms with van der Waals surface area (Å²) < 4.78 is 0. The van der Waals surface area contributed by atoms with Gasteiger partial charge in [-0.2, -0.15) is 0 Å². The highest BCUT2D eigenvalue weighted by atomic mass is 16.2. The minimum Gasteiger partial charge on any atom is -0.370 e. The Kier molecular flexibility index (Phi) is 13.7. The molecule has 1 unspecified atom stereocenters. The van der Waals surface area contributed by atoms with E-state index >= 15 is 0 Å². The minimum absolute atomic E-state index is 0.0466. The molecule has 0 aliphatic carbocycles. The second-order valence-electron chi connectivity index (χ2n) is 15.9. The molecule has 0 bridgehead atoms. The molecule has 2 rings (SSSR count). The predicted molar refractivity (Wildman–Crippen MR) is 199 cm³/mol. The van der Waals surface area contributed by atoms with E-state index in [1.807, 2.05) is 0 Å². The molecule has 14 nitrogen and oxygen atoms in total. The molecule has 0 fully saturated rings. The quantitative estimate of drug-likeness (QED) is 0.0752. The Morgan fingerprint density at radius 3 is 1.73 bits per heavy atom. The standard InChI is InChI=1S/C35H61N11O3/c1-33(2,3)19-16-20-21(27(35(7,8)9)46-26(20)22(17-19)34(4,5)6)18-25(45-29(48)23(36)12-10-14-42-31(38)39)30(49)44-24(28(37)47)13-11-15-43-32(40)41/h16-17,23-25,46H,10-15,18,36H2,1-9H3,(H2,37,47)(H,44,49)(H,45,48)(H4,38,39,42)(H4,40,41,43)/t23-,24?,25-/m0/s1. The zero-order chi connectivity index (χ0) is 37.5. The number of nitrogens with one attached hydrogen (secondary N) is 3. The smallest absolute Gasteiger partial charge is 0.243 e. The molecular formula is C35H61N11O3. The fourth-order valence-electron chi connectivity index (χ4n) is 5.63. The van der Waals surface area contributed by atoms with E-state index in [9.17, 15) is 14.4 Å². The van der Waals surface area contributed by atoms with Crippen molar-refractivity contribution in [1.82, 2.24) is 15.6 Å². The van der Waals surface area contributed by atoms with Crippen molar-refractivity contribution in [2.75, 3.05) is 13.1 Å². The SMILES string of the molecule is CC(C)(C)c1cc(C(C)(C)C)c2[nH]c(C(C)(C)C)c(C[C@H](NC(=O)[C@@H](N)CCCN=C(N)N)C(=O)NC(CCCN=C(N)N)C(N)=O)c2c1. The van der Waals surface area contributed by atoms with Crippen molar-refractivity contribution < 1.29 is 14.4 Å². The van der Waals surface area contributed by atoms with E-state index in [1.54, 1.807) is 0 Å². The van der Waals surface area contributed by atoms with Crippen LogP contribution >= 0.6 is 0 Å². The van der Waals surface area contributed by atoms with Gasteiger partial charge in [-0.05, 0) is 59.3 Å². The third-order valence-electron chi connectivity index (χ3n) is 8.39. The summed E-state index contributed by atoms with van der Waals surface area (Å²) in [7, 11) is 0. The van der Waals surface area contributed by atoms with Crippen molar-refractivity contribution in [3.63, 3.8) is 0 Å². The van der Waals surface area contributed by atoms with Crippen LogP contribution in [0.25, 0.3) is 10.9 Å². The predicted octanol–water partition coefficient (Wildman–Crippen LogP) is 1.49. The van der Waals surface area contributed by atoms with Gasteiger partial charge < -0.3 is 50.0 Å². The Morgan fingerprint density at radius 1 is 0.735 bits per heavy atom. The van der Waals surface area contributed by atoms with Gasteiger partial charge >= 0.3 is 0 Å². The highest BCUT2D eigenvalue weighted by Gasteiger charge is 2.33. The number of rotatable bonds is 15. The number of aliphatic imine (C=N–C) groups is 2. The maximum absolute atomic E-state index is 14.1. The molecular weight excluding hydrogens is 622 g/mol. The summed E-state index contributed by atoms with van der Waals surface area (Å²) >= 11 is 0. The molecule has 0 aliphatic rings. The first-order valence-electron chi connectivity index (χ1n) is 16.9. The number of carbonyl (C=O) groups excluding carboxylic acids is 3. The molecule has 274 valence electrons. The van der Waals surface area contributed by atoms with Crippen LogP contribution in [-0.4, -0.2) is 65.8 Å². The molecule has 3 amide bonds. The van der Waals surface area contributed by atoms with Gasteiger partial charge in [-0.1, -0.05) is 68.4 Å². The summed E-state index contributed by atoms with van der Waals surface area (Å²) in [6.45, 7) is 19.9. The van der Waals surface area contributed by atoms with E-state index in [0.29, 0.717) is 19.4 Å². The summed E-state index contributed by atoms with van der Waals surface area (Å²) in [5.41, 5.74) is 38.0. The molecule has 14 heteroatoms. The molecule has 0 saturated heterocycles. The van der Waals surface area contributed by atoms with Gasteiger partial charge in [0, 0.05) is 41.5 Å². The third-order valence-corrected chi connectivity index (χ3v) is 8.39. The first-order valence-corrected chi connectivity index (χ1v) is 16.9. The molecule has 0 spiro atoms. The van der Waals surface area contributed by atoms with Crippen molar-refractivity contribution in [2.45, 2.75) is 129 Å². The molecule has 1 aromatic heterocycles. The van der Waals surface area contributed by atoms with Gasteiger partial charge in [0.2, 0.25) is 17.7 Å². The second-order valence-corrected chi connectivity index (χ2v) is 15.9. The number of carbonyl (C=O) groups is 3. The van der Waals surface area contributed by atoms with Crippen molar-refractivity contribution >= 4 is 40.5 Å². The van der Waals surface area contributed by atoms with E-state index < -0.39 is 35.8 Å². The van der Waals surface area contributed by atoms with Gasteiger partial charge in [0.05, 0.1) is 6.04 Å². The molecule has 0 radical (unpaired) electrons. The molecule has 15 N–H and O–H groups in total. The van der Waals surface area contributed by atoms with Crippen LogP contribution < -0.4 is 45.0 Å². The lowest BCUT2D eigenvalue weighted by molar-refractivity contribution is -0.131.